The molecule has 0 saturated carbocycles. The van der Waals surface area contributed by atoms with Gasteiger partial charge in [-0.15, -0.1) is 11.8 Å². The van der Waals surface area contributed by atoms with E-state index in [1.54, 1.807) is 11.8 Å². The topological polar surface area (TPSA) is 24.8 Å². The summed E-state index contributed by atoms with van der Waals surface area (Å²) in [6.07, 6.45) is 1.06. The number of hydrogen-bond acceptors (Lipinski definition) is 2. The molecule has 1 unspecified atom stereocenters. The highest BCUT2D eigenvalue weighted by Gasteiger charge is 2.32. The van der Waals surface area contributed by atoms with E-state index in [1.807, 2.05) is 0 Å². The summed E-state index contributed by atoms with van der Waals surface area (Å²) in [5.74, 6) is 1.45. The summed E-state index contributed by atoms with van der Waals surface area (Å²) in [6, 6.07) is 8.78. The Balaban J connectivity index is 2.04. The van der Waals surface area contributed by atoms with Crippen LogP contribution in [0.25, 0.3) is 0 Å². The van der Waals surface area contributed by atoms with Gasteiger partial charge in [0.1, 0.15) is 5.37 Å². The van der Waals surface area contributed by atoms with Gasteiger partial charge in [-0.05, 0) is 17.0 Å². The van der Waals surface area contributed by atoms with Gasteiger partial charge in [0.25, 0.3) is 0 Å². The molecule has 0 aromatic heterocycles. The van der Waals surface area contributed by atoms with Crippen molar-refractivity contribution in [1.29, 1.82) is 0 Å². The Hall–Kier alpha value is -1.00. The van der Waals surface area contributed by atoms with E-state index in [2.05, 4.69) is 57.1 Å². The van der Waals surface area contributed by atoms with Crippen molar-refractivity contribution in [1.82, 2.24) is 4.90 Å². The van der Waals surface area contributed by atoms with Crippen molar-refractivity contribution in [2.24, 2.45) is 0 Å². The first kappa shape index (κ1) is 16.4. The standard InChI is InChI=1S/C17H26N2OS/c1-13(2)14-6-8-15(9-7-14)17-19(16(20)12-21-17)11-5-10-18(3)4/h6-9,13,17H,5,10-12H2,1-4H3/p+1. The van der Waals surface area contributed by atoms with Gasteiger partial charge in [0.15, 0.2) is 0 Å². The zero-order chi connectivity index (χ0) is 15.4. The zero-order valence-corrected chi connectivity index (χ0v) is 14.4. The number of thioether (sulfide) groups is 1. The predicted molar refractivity (Wildman–Crippen MR) is 89.7 cm³/mol. The van der Waals surface area contributed by atoms with E-state index in [9.17, 15) is 4.79 Å². The van der Waals surface area contributed by atoms with Gasteiger partial charge >= 0.3 is 0 Å². The fourth-order valence-corrected chi connectivity index (χ4v) is 3.84. The third-order valence-corrected chi connectivity index (χ3v) is 5.19. The Morgan fingerprint density at radius 3 is 2.52 bits per heavy atom. The molecule has 1 saturated heterocycles. The second kappa shape index (κ2) is 7.32. The molecule has 1 atom stereocenters. The molecule has 0 aliphatic carbocycles. The van der Waals surface area contributed by atoms with Gasteiger partial charge in [0.05, 0.1) is 26.4 Å². The Morgan fingerprint density at radius 1 is 1.29 bits per heavy atom. The van der Waals surface area contributed by atoms with Crippen molar-refractivity contribution in [3.63, 3.8) is 0 Å². The lowest BCUT2D eigenvalue weighted by atomic mass is 10.0. The molecular weight excluding hydrogens is 280 g/mol. The van der Waals surface area contributed by atoms with Gasteiger partial charge in [0.2, 0.25) is 5.91 Å². The van der Waals surface area contributed by atoms with E-state index in [1.165, 1.54) is 16.0 Å². The van der Waals surface area contributed by atoms with Crippen molar-refractivity contribution in [3.05, 3.63) is 35.4 Å². The minimum atomic E-state index is 0.205. The Morgan fingerprint density at radius 2 is 1.95 bits per heavy atom. The van der Waals surface area contributed by atoms with Gasteiger partial charge in [-0.1, -0.05) is 38.1 Å². The molecule has 4 heteroatoms. The number of carbonyl (C=O) groups excluding carboxylic acids is 1. The van der Waals surface area contributed by atoms with Gasteiger partial charge in [-0.2, -0.15) is 0 Å². The number of hydrogen-bond donors (Lipinski definition) is 1. The minimum Gasteiger partial charge on any atom is -0.340 e. The average Bonchev–Trinajstić information content (AvgIpc) is 2.80. The first-order chi connectivity index (χ1) is 9.99. The van der Waals surface area contributed by atoms with Gasteiger partial charge in [-0.3, -0.25) is 4.79 Å². The quantitative estimate of drug-likeness (QED) is 0.868. The number of carbonyl (C=O) groups is 1. The number of rotatable bonds is 6. The van der Waals surface area contributed by atoms with Crippen LogP contribution in [0.5, 0.6) is 0 Å². The first-order valence-corrected chi connectivity index (χ1v) is 8.84. The minimum absolute atomic E-state index is 0.205. The van der Waals surface area contributed by atoms with Crippen molar-refractivity contribution >= 4 is 17.7 Å². The van der Waals surface area contributed by atoms with Crippen LogP contribution in [0.2, 0.25) is 0 Å². The Bertz CT molecular complexity index is 470. The molecule has 3 nitrogen and oxygen atoms in total. The Kier molecular flexibility index (Phi) is 5.71. The lowest BCUT2D eigenvalue weighted by Gasteiger charge is -2.24. The van der Waals surface area contributed by atoms with Crippen LogP contribution in [0, 0.1) is 0 Å². The largest absolute Gasteiger partial charge is 0.340 e. The van der Waals surface area contributed by atoms with Crippen molar-refractivity contribution in [3.8, 4) is 0 Å². The van der Waals surface area contributed by atoms with Gasteiger partial charge in [0, 0.05) is 13.0 Å². The maximum absolute atomic E-state index is 12.1. The number of amides is 1. The highest BCUT2D eigenvalue weighted by molar-refractivity contribution is 8.00. The summed E-state index contributed by atoms with van der Waals surface area (Å²) < 4.78 is 0. The second-order valence-electron chi connectivity index (χ2n) is 6.38. The number of nitrogens with zero attached hydrogens (tertiary/aromatic N) is 1. The SMILES string of the molecule is CC(C)c1ccc(C2SCC(=O)N2CCC[NH+](C)C)cc1. The average molecular weight is 307 g/mol. The molecule has 1 aliphatic rings. The number of benzene rings is 1. The summed E-state index contributed by atoms with van der Waals surface area (Å²) in [6.45, 7) is 6.39. The summed E-state index contributed by atoms with van der Waals surface area (Å²) >= 11 is 1.75. The molecular formula is C17H27N2OS+. The third kappa shape index (κ3) is 4.24. The third-order valence-electron chi connectivity index (χ3n) is 3.93. The van der Waals surface area contributed by atoms with E-state index in [0.717, 1.165) is 19.5 Å². The van der Waals surface area contributed by atoms with Crippen LogP contribution in [-0.2, 0) is 4.79 Å². The van der Waals surface area contributed by atoms with Crippen LogP contribution in [0.4, 0.5) is 0 Å². The molecule has 2 rings (SSSR count). The van der Waals surface area contributed by atoms with Crippen LogP contribution < -0.4 is 4.90 Å². The molecule has 1 aromatic rings. The molecule has 116 valence electrons. The van der Waals surface area contributed by atoms with Crippen LogP contribution in [-0.4, -0.2) is 43.7 Å². The van der Waals surface area contributed by atoms with E-state index in [0.29, 0.717) is 11.7 Å². The van der Waals surface area contributed by atoms with Crippen LogP contribution in [0.3, 0.4) is 0 Å². The number of nitrogens with one attached hydrogen (secondary N) is 1. The molecule has 1 aliphatic heterocycles. The van der Waals surface area contributed by atoms with Gasteiger partial charge < -0.3 is 9.80 Å². The molecule has 1 N–H and O–H groups in total. The summed E-state index contributed by atoms with van der Waals surface area (Å²) in [4.78, 5) is 15.6. The monoisotopic (exact) mass is 307 g/mol. The predicted octanol–water partition coefficient (Wildman–Crippen LogP) is 1.92. The summed E-state index contributed by atoms with van der Waals surface area (Å²) in [7, 11) is 4.31. The van der Waals surface area contributed by atoms with Crippen molar-refractivity contribution < 1.29 is 9.69 Å². The molecule has 21 heavy (non-hydrogen) atoms. The second-order valence-corrected chi connectivity index (χ2v) is 7.45. The molecule has 1 amide bonds. The molecule has 1 heterocycles. The smallest absolute Gasteiger partial charge is 0.233 e. The highest BCUT2D eigenvalue weighted by Crippen LogP contribution is 2.38. The lowest BCUT2D eigenvalue weighted by Crippen LogP contribution is -3.05. The van der Waals surface area contributed by atoms with Crippen LogP contribution >= 0.6 is 11.8 Å². The van der Waals surface area contributed by atoms with E-state index in [-0.39, 0.29) is 11.3 Å². The van der Waals surface area contributed by atoms with Gasteiger partial charge in [-0.25, -0.2) is 0 Å². The molecule has 0 radical (unpaired) electrons. The van der Waals surface area contributed by atoms with Crippen LogP contribution in [0.1, 0.15) is 42.7 Å². The first-order valence-electron chi connectivity index (χ1n) is 7.79. The van der Waals surface area contributed by atoms with Crippen molar-refractivity contribution in [2.45, 2.75) is 31.6 Å². The Labute approximate surface area is 132 Å². The maximum atomic E-state index is 12.1. The van der Waals surface area contributed by atoms with E-state index < -0.39 is 0 Å². The highest BCUT2D eigenvalue weighted by atomic mass is 32.2. The summed E-state index contributed by atoms with van der Waals surface area (Å²) in [5.41, 5.74) is 2.61. The van der Waals surface area contributed by atoms with E-state index >= 15 is 0 Å². The maximum Gasteiger partial charge on any atom is 0.233 e. The van der Waals surface area contributed by atoms with Crippen molar-refractivity contribution in [2.75, 3.05) is 32.9 Å². The zero-order valence-electron chi connectivity index (χ0n) is 13.6. The molecule has 0 bridgehead atoms. The van der Waals surface area contributed by atoms with E-state index in [4.69, 9.17) is 0 Å². The molecule has 1 aromatic carbocycles. The molecule has 1 fully saturated rings. The van der Waals surface area contributed by atoms with Crippen LogP contribution in [0.15, 0.2) is 24.3 Å². The summed E-state index contributed by atoms with van der Waals surface area (Å²) in [5, 5.41) is 0.205. The molecule has 0 spiro atoms. The number of quaternary nitrogens is 1. The fraction of sp³-hybridized carbons (Fsp3) is 0.588. The lowest BCUT2D eigenvalue weighted by molar-refractivity contribution is -0.858. The normalized spacial score (nSPS) is 19.0. The fourth-order valence-electron chi connectivity index (χ4n) is 2.62.